The quantitative estimate of drug-likeness (QED) is 0.448. The molecule has 1 aliphatic rings. The molecule has 0 unspecified atom stereocenters. The van der Waals surface area contributed by atoms with E-state index in [-0.39, 0.29) is 6.79 Å². The van der Waals surface area contributed by atoms with Crippen LogP contribution in [0.15, 0.2) is 75.7 Å². The second-order valence-corrected chi connectivity index (χ2v) is 7.52. The summed E-state index contributed by atoms with van der Waals surface area (Å²) in [6.07, 6.45) is 1.67. The summed E-state index contributed by atoms with van der Waals surface area (Å²) in [6, 6.07) is 17.3. The zero-order valence-electron chi connectivity index (χ0n) is 14.7. The third-order valence-corrected chi connectivity index (χ3v) is 5.52. The summed E-state index contributed by atoms with van der Waals surface area (Å²) in [7, 11) is 0. The molecule has 1 aliphatic heterocycles. The number of aromatic nitrogens is 1. The van der Waals surface area contributed by atoms with Crippen molar-refractivity contribution in [2.75, 3.05) is 6.79 Å². The van der Waals surface area contributed by atoms with E-state index in [0.29, 0.717) is 11.6 Å². The first-order valence-corrected chi connectivity index (χ1v) is 9.93. The monoisotopic (exact) mass is 410 g/mol. The van der Waals surface area contributed by atoms with Crippen LogP contribution in [0.5, 0.6) is 11.5 Å². The summed E-state index contributed by atoms with van der Waals surface area (Å²) >= 11 is 7.56. The van der Waals surface area contributed by atoms with Crippen molar-refractivity contribution in [3.8, 4) is 23.0 Å². The highest BCUT2D eigenvalue weighted by atomic mass is 35.5. The minimum Gasteiger partial charge on any atom is -0.463 e. The van der Waals surface area contributed by atoms with Crippen LogP contribution in [0.2, 0.25) is 5.02 Å². The first-order chi connectivity index (χ1) is 13.8. The molecular formula is C21H15ClN2O3S. The van der Waals surface area contributed by atoms with Crippen LogP contribution in [-0.2, 0) is 6.54 Å². The van der Waals surface area contributed by atoms with Crippen molar-refractivity contribution in [2.24, 2.45) is 4.99 Å². The average molecular weight is 411 g/mol. The number of rotatable bonds is 4. The second-order valence-electron chi connectivity index (χ2n) is 6.24. The van der Waals surface area contributed by atoms with Crippen molar-refractivity contribution < 1.29 is 13.9 Å². The van der Waals surface area contributed by atoms with Gasteiger partial charge in [-0.05, 0) is 54.1 Å². The predicted octanol–water partition coefficient (Wildman–Crippen LogP) is 5.47. The second kappa shape index (κ2) is 7.22. The summed E-state index contributed by atoms with van der Waals surface area (Å²) < 4.78 is 18.7. The third kappa shape index (κ3) is 3.32. The Kier molecular flexibility index (Phi) is 4.43. The van der Waals surface area contributed by atoms with Gasteiger partial charge in [0.05, 0.1) is 24.2 Å². The summed E-state index contributed by atoms with van der Waals surface area (Å²) in [5.74, 6) is 2.34. The van der Waals surface area contributed by atoms with E-state index in [1.54, 1.807) is 17.6 Å². The van der Waals surface area contributed by atoms with Crippen molar-refractivity contribution in [2.45, 2.75) is 6.54 Å². The lowest BCUT2D eigenvalue weighted by molar-refractivity contribution is 0.174. The maximum absolute atomic E-state index is 5.99. The summed E-state index contributed by atoms with van der Waals surface area (Å²) in [5, 5.41) is 2.75. The van der Waals surface area contributed by atoms with Gasteiger partial charge in [0.1, 0.15) is 0 Å². The highest BCUT2D eigenvalue weighted by Crippen LogP contribution is 2.33. The number of hydrogen-bond acceptors (Lipinski definition) is 5. The van der Waals surface area contributed by atoms with Crippen LogP contribution < -0.4 is 14.3 Å². The molecule has 0 aliphatic carbocycles. The molecule has 3 heterocycles. The van der Waals surface area contributed by atoms with E-state index < -0.39 is 0 Å². The molecule has 2 aromatic heterocycles. The van der Waals surface area contributed by atoms with E-state index in [2.05, 4.69) is 9.95 Å². The highest BCUT2D eigenvalue weighted by Gasteiger charge is 2.15. The van der Waals surface area contributed by atoms with Gasteiger partial charge in [-0.15, -0.1) is 11.3 Å². The zero-order valence-corrected chi connectivity index (χ0v) is 16.2. The molecule has 0 saturated heterocycles. The SMILES string of the molecule is Clc1ccc(N=c2scc(-c3ccco3)n2Cc2ccc3c(c2)OCO3)cc1. The zero-order chi connectivity index (χ0) is 18.9. The Morgan fingerprint density at radius 3 is 2.71 bits per heavy atom. The summed E-state index contributed by atoms with van der Waals surface area (Å²) in [6.45, 7) is 0.891. The highest BCUT2D eigenvalue weighted by molar-refractivity contribution is 7.07. The fourth-order valence-corrected chi connectivity index (χ4v) is 4.08. The predicted molar refractivity (Wildman–Crippen MR) is 108 cm³/mol. The number of fused-ring (bicyclic) bond motifs is 1. The van der Waals surface area contributed by atoms with Gasteiger partial charge < -0.3 is 18.5 Å². The first-order valence-electron chi connectivity index (χ1n) is 8.67. The molecule has 4 aromatic rings. The van der Waals surface area contributed by atoms with Gasteiger partial charge in [0.25, 0.3) is 0 Å². The van der Waals surface area contributed by atoms with Crippen LogP contribution >= 0.6 is 22.9 Å². The fourth-order valence-electron chi connectivity index (χ4n) is 3.04. The van der Waals surface area contributed by atoms with E-state index in [0.717, 1.165) is 39.0 Å². The Bertz CT molecular complexity index is 1180. The largest absolute Gasteiger partial charge is 0.463 e. The number of nitrogens with zero attached hydrogens (tertiary/aromatic N) is 2. The number of ether oxygens (including phenoxy) is 2. The maximum Gasteiger partial charge on any atom is 0.231 e. The van der Waals surface area contributed by atoms with E-state index >= 15 is 0 Å². The molecule has 5 nitrogen and oxygen atoms in total. The fraction of sp³-hybridized carbons (Fsp3) is 0.0952. The van der Waals surface area contributed by atoms with Crippen molar-refractivity contribution >= 4 is 28.6 Å². The normalized spacial score (nSPS) is 13.2. The van der Waals surface area contributed by atoms with Gasteiger partial charge in [-0.3, -0.25) is 0 Å². The molecule has 2 aromatic carbocycles. The number of furan rings is 1. The van der Waals surface area contributed by atoms with E-state index in [4.69, 9.17) is 30.5 Å². The van der Waals surface area contributed by atoms with Crippen molar-refractivity contribution in [3.05, 3.63) is 81.6 Å². The Labute approximate surface area is 170 Å². The average Bonchev–Trinajstić information content (AvgIpc) is 3.45. The molecule has 5 rings (SSSR count). The Morgan fingerprint density at radius 2 is 1.89 bits per heavy atom. The van der Waals surface area contributed by atoms with Gasteiger partial charge in [-0.2, -0.15) is 0 Å². The van der Waals surface area contributed by atoms with Gasteiger partial charge in [0, 0.05) is 10.4 Å². The number of benzene rings is 2. The Hall–Kier alpha value is -2.96. The molecule has 0 bridgehead atoms. The van der Waals surface area contributed by atoms with Crippen molar-refractivity contribution in [1.82, 2.24) is 4.57 Å². The molecule has 28 heavy (non-hydrogen) atoms. The maximum atomic E-state index is 5.99. The van der Waals surface area contributed by atoms with Crippen molar-refractivity contribution in [3.63, 3.8) is 0 Å². The van der Waals surface area contributed by atoms with Gasteiger partial charge >= 0.3 is 0 Å². The lowest BCUT2D eigenvalue weighted by atomic mass is 10.2. The molecule has 0 saturated carbocycles. The molecule has 0 atom stereocenters. The summed E-state index contributed by atoms with van der Waals surface area (Å²) in [4.78, 5) is 5.67. The molecule has 0 radical (unpaired) electrons. The van der Waals surface area contributed by atoms with Gasteiger partial charge in [-0.25, -0.2) is 4.99 Å². The molecule has 7 heteroatoms. The molecule has 0 amide bonds. The minimum absolute atomic E-state index is 0.263. The number of hydrogen-bond donors (Lipinski definition) is 0. The first kappa shape index (κ1) is 17.2. The third-order valence-electron chi connectivity index (χ3n) is 4.40. The van der Waals surface area contributed by atoms with Crippen molar-refractivity contribution in [1.29, 1.82) is 0 Å². The smallest absolute Gasteiger partial charge is 0.231 e. The van der Waals surface area contributed by atoms with Crippen LogP contribution in [-0.4, -0.2) is 11.4 Å². The van der Waals surface area contributed by atoms with Crippen LogP contribution in [0, 0.1) is 0 Å². The standard InChI is InChI=1S/C21H15ClN2O3S/c22-15-4-6-16(7-5-15)23-21-24(17(12-28-21)18-2-1-9-25-18)11-14-3-8-19-20(10-14)27-13-26-19/h1-10,12H,11,13H2. The van der Waals surface area contributed by atoms with Gasteiger partial charge in [-0.1, -0.05) is 17.7 Å². The Balaban J connectivity index is 1.59. The molecule has 140 valence electrons. The lowest BCUT2D eigenvalue weighted by Gasteiger charge is -2.08. The summed E-state index contributed by atoms with van der Waals surface area (Å²) in [5.41, 5.74) is 2.91. The lowest BCUT2D eigenvalue weighted by Crippen LogP contribution is -2.16. The van der Waals surface area contributed by atoms with Gasteiger partial charge in [0.15, 0.2) is 22.1 Å². The van der Waals surface area contributed by atoms with Crippen LogP contribution in [0.3, 0.4) is 0 Å². The Morgan fingerprint density at radius 1 is 1.04 bits per heavy atom. The molecular weight excluding hydrogens is 396 g/mol. The van der Waals surface area contributed by atoms with Crippen LogP contribution in [0.25, 0.3) is 11.5 Å². The number of halogens is 1. The van der Waals surface area contributed by atoms with E-state index in [9.17, 15) is 0 Å². The van der Waals surface area contributed by atoms with E-state index in [1.165, 1.54) is 0 Å². The van der Waals surface area contributed by atoms with E-state index in [1.807, 2.05) is 54.6 Å². The molecule has 0 spiro atoms. The topological polar surface area (TPSA) is 48.9 Å². The van der Waals surface area contributed by atoms with Crippen LogP contribution in [0.4, 0.5) is 5.69 Å². The number of thiazole rings is 1. The van der Waals surface area contributed by atoms with Crippen LogP contribution in [0.1, 0.15) is 5.56 Å². The minimum atomic E-state index is 0.263. The molecule has 0 N–H and O–H groups in total. The van der Waals surface area contributed by atoms with Gasteiger partial charge in [0.2, 0.25) is 6.79 Å². The molecule has 0 fully saturated rings.